The molecule has 2 heterocycles. The van der Waals surface area contributed by atoms with Crippen LogP contribution in [0.1, 0.15) is 11.3 Å². The zero-order valence-corrected chi connectivity index (χ0v) is 17.9. The molecule has 0 radical (unpaired) electrons. The van der Waals surface area contributed by atoms with Gasteiger partial charge in [-0.05, 0) is 36.4 Å². The number of rotatable bonds is 6. The lowest BCUT2D eigenvalue weighted by Crippen LogP contribution is -2.31. The van der Waals surface area contributed by atoms with Crippen molar-refractivity contribution in [3.63, 3.8) is 0 Å². The molecule has 34 heavy (non-hydrogen) atoms. The summed E-state index contributed by atoms with van der Waals surface area (Å²) in [6.45, 7) is 0.344. The molecule has 10 heteroatoms. The number of urea groups is 1. The highest BCUT2D eigenvalue weighted by molar-refractivity contribution is 5.97. The largest absolute Gasteiger partial charge is 0.416 e. The molecular weight excluding hydrogens is 445 g/mol. The lowest BCUT2D eigenvalue weighted by Gasteiger charge is -2.10. The van der Waals surface area contributed by atoms with Crippen LogP contribution in [0.25, 0.3) is 16.9 Å². The number of nitrogens with two attached hydrogens (primary N) is 1. The maximum Gasteiger partial charge on any atom is 0.416 e. The number of nitrogens with zero attached hydrogens (tertiary/aromatic N) is 3. The van der Waals surface area contributed by atoms with Gasteiger partial charge in [0.25, 0.3) is 0 Å². The lowest BCUT2D eigenvalue weighted by atomic mass is 10.1. The molecule has 0 bridgehead atoms. The zero-order valence-electron chi connectivity index (χ0n) is 17.9. The van der Waals surface area contributed by atoms with Crippen molar-refractivity contribution < 1.29 is 18.0 Å². The van der Waals surface area contributed by atoms with E-state index in [1.807, 2.05) is 24.3 Å². The molecule has 4 N–H and O–H groups in total. The summed E-state index contributed by atoms with van der Waals surface area (Å²) < 4.78 is 40.1. The normalized spacial score (nSPS) is 11.3. The van der Waals surface area contributed by atoms with Gasteiger partial charge in [0.15, 0.2) is 5.82 Å². The van der Waals surface area contributed by atoms with Crippen molar-refractivity contribution in [2.75, 3.05) is 17.6 Å². The van der Waals surface area contributed by atoms with Gasteiger partial charge in [0.2, 0.25) is 0 Å². The summed E-state index contributed by atoms with van der Waals surface area (Å²) in [5.74, 6) is 0.0819. The number of hydrogen-bond acceptors (Lipinski definition) is 4. The van der Waals surface area contributed by atoms with Gasteiger partial charge < -0.3 is 16.4 Å². The number of nitrogens with one attached hydrogen (secondary N) is 2. The average Bonchev–Trinajstić information content (AvgIpc) is 3.16. The van der Waals surface area contributed by atoms with E-state index in [0.717, 1.165) is 17.8 Å². The quantitative estimate of drug-likeness (QED) is 0.377. The predicted molar refractivity (Wildman–Crippen MR) is 123 cm³/mol. The van der Waals surface area contributed by atoms with Gasteiger partial charge in [-0.2, -0.15) is 18.3 Å². The Kier molecular flexibility index (Phi) is 6.48. The fraction of sp³-hybridized carbons (Fsp3) is 0.125. The number of pyridine rings is 1. The highest BCUT2D eigenvalue weighted by Crippen LogP contribution is 2.35. The van der Waals surface area contributed by atoms with Gasteiger partial charge in [-0.15, -0.1) is 0 Å². The number of anilines is 2. The summed E-state index contributed by atoms with van der Waals surface area (Å²) in [4.78, 5) is 16.8. The van der Waals surface area contributed by atoms with Gasteiger partial charge in [0, 0.05) is 30.4 Å². The van der Waals surface area contributed by atoms with E-state index in [-0.39, 0.29) is 11.5 Å². The number of nitrogen functional groups attached to an aromatic ring is 1. The molecule has 174 valence electrons. The van der Waals surface area contributed by atoms with E-state index < -0.39 is 17.8 Å². The Labute approximate surface area is 193 Å². The van der Waals surface area contributed by atoms with Crippen molar-refractivity contribution in [1.82, 2.24) is 20.1 Å². The van der Waals surface area contributed by atoms with E-state index in [0.29, 0.717) is 29.9 Å². The van der Waals surface area contributed by atoms with Crippen LogP contribution in [0.2, 0.25) is 0 Å². The summed E-state index contributed by atoms with van der Waals surface area (Å²) in [7, 11) is 0. The Bertz CT molecular complexity index is 1260. The van der Waals surface area contributed by atoms with Crippen molar-refractivity contribution in [2.45, 2.75) is 12.6 Å². The summed E-state index contributed by atoms with van der Waals surface area (Å²) >= 11 is 0. The van der Waals surface area contributed by atoms with Crippen molar-refractivity contribution in [3.8, 4) is 16.9 Å². The van der Waals surface area contributed by atoms with Crippen LogP contribution in [0.15, 0.2) is 79.0 Å². The minimum Gasteiger partial charge on any atom is -0.382 e. The van der Waals surface area contributed by atoms with E-state index in [2.05, 4.69) is 20.7 Å². The molecule has 0 spiro atoms. The molecule has 2 aromatic heterocycles. The van der Waals surface area contributed by atoms with Crippen LogP contribution in [0.4, 0.5) is 29.5 Å². The van der Waals surface area contributed by atoms with Crippen LogP contribution >= 0.6 is 0 Å². The first-order chi connectivity index (χ1) is 16.3. The summed E-state index contributed by atoms with van der Waals surface area (Å²) in [5, 5.41) is 9.96. The first-order valence-corrected chi connectivity index (χ1v) is 10.4. The fourth-order valence-corrected chi connectivity index (χ4v) is 3.35. The van der Waals surface area contributed by atoms with Gasteiger partial charge in [0.1, 0.15) is 11.4 Å². The molecular formula is C24H21F3N6O. The van der Waals surface area contributed by atoms with Crippen LogP contribution in [0.5, 0.6) is 0 Å². The third-order valence-electron chi connectivity index (χ3n) is 5.04. The van der Waals surface area contributed by atoms with Crippen LogP contribution < -0.4 is 16.4 Å². The van der Waals surface area contributed by atoms with Crippen molar-refractivity contribution in [2.24, 2.45) is 0 Å². The number of halogens is 3. The zero-order chi connectivity index (χ0) is 24.1. The van der Waals surface area contributed by atoms with Gasteiger partial charge in [0.05, 0.1) is 11.3 Å². The van der Waals surface area contributed by atoms with E-state index >= 15 is 0 Å². The van der Waals surface area contributed by atoms with Gasteiger partial charge in [-0.25, -0.2) is 9.48 Å². The molecule has 0 saturated heterocycles. The Balaban J connectivity index is 1.59. The topological polar surface area (TPSA) is 97.9 Å². The molecule has 0 aliphatic heterocycles. The minimum atomic E-state index is -4.45. The predicted octanol–water partition coefficient (Wildman–Crippen LogP) is 4.90. The number of benzene rings is 2. The first-order valence-electron chi connectivity index (χ1n) is 10.4. The molecule has 0 saturated carbocycles. The van der Waals surface area contributed by atoms with Gasteiger partial charge >= 0.3 is 12.2 Å². The van der Waals surface area contributed by atoms with E-state index in [4.69, 9.17) is 5.73 Å². The van der Waals surface area contributed by atoms with Crippen molar-refractivity contribution in [1.29, 1.82) is 0 Å². The fourth-order valence-electron chi connectivity index (χ4n) is 3.35. The second-order valence-corrected chi connectivity index (χ2v) is 7.38. The van der Waals surface area contributed by atoms with Crippen molar-refractivity contribution >= 4 is 17.5 Å². The molecule has 0 atom stereocenters. The van der Waals surface area contributed by atoms with E-state index in [1.54, 1.807) is 30.5 Å². The molecule has 4 rings (SSSR count). The molecule has 0 aliphatic rings. The van der Waals surface area contributed by atoms with Crippen LogP contribution in [-0.4, -0.2) is 27.3 Å². The second-order valence-electron chi connectivity index (χ2n) is 7.38. The number of alkyl halides is 3. The average molecular weight is 466 g/mol. The number of aromatic nitrogens is 3. The Morgan fingerprint density at radius 1 is 0.971 bits per heavy atom. The summed E-state index contributed by atoms with van der Waals surface area (Å²) in [5.41, 5.74) is 7.99. The Morgan fingerprint density at radius 3 is 2.32 bits per heavy atom. The van der Waals surface area contributed by atoms with E-state index in [1.165, 1.54) is 16.8 Å². The lowest BCUT2D eigenvalue weighted by molar-refractivity contribution is -0.137. The molecule has 4 aromatic rings. The maximum absolute atomic E-state index is 12.9. The first kappa shape index (κ1) is 22.8. The summed E-state index contributed by atoms with van der Waals surface area (Å²) in [6, 6.07) is 18.5. The monoisotopic (exact) mass is 466 g/mol. The van der Waals surface area contributed by atoms with Crippen LogP contribution in [0.3, 0.4) is 0 Å². The molecule has 7 nitrogen and oxygen atoms in total. The number of carbonyl (C=O) groups excluding carboxylic acids is 1. The third-order valence-corrected chi connectivity index (χ3v) is 5.04. The number of hydrogen-bond donors (Lipinski definition) is 3. The molecule has 0 unspecified atom stereocenters. The van der Waals surface area contributed by atoms with Crippen LogP contribution in [-0.2, 0) is 12.6 Å². The molecule has 0 fully saturated rings. The minimum absolute atomic E-state index is 0.0819. The van der Waals surface area contributed by atoms with Crippen LogP contribution in [0, 0.1) is 0 Å². The second kappa shape index (κ2) is 9.65. The van der Waals surface area contributed by atoms with Gasteiger partial charge in [-0.1, -0.05) is 36.4 Å². The Morgan fingerprint density at radius 2 is 1.68 bits per heavy atom. The number of amides is 2. The standard InChI is InChI=1S/C24H21F3N6O/c25-24(26,27)17-9-11-19(12-10-17)33-22(28)21(20(32-33)16-6-2-1-3-7-16)31-23(34)30-15-13-18-8-4-5-14-29-18/h1-12,14H,13,15,28H2,(H2,30,31,34). The smallest absolute Gasteiger partial charge is 0.382 e. The highest BCUT2D eigenvalue weighted by Gasteiger charge is 2.30. The summed E-state index contributed by atoms with van der Waals surface area (Å²) in [6.07, 6.45) is -2.23. The SMILES string of the molecule is Nc1c(NC(=O)NCCc2ccccn2)c(-c2ccccc2)nn1-c1ccc(C(F)(F)F)cc1. The third kappa shape index (κ3) is 5.17. The van der Waals surface area contributed by atoms with Gasteiger partial charge in [-0.3, -0.25) is 4.98 Å². The van der Waals surface area contributed by atoms with E-state index in [9.17, 15) is 18.0 Å². The molecule has 2 amide bonds. The van der Waals surface area contributed by atoms with Crippen molar-refractivity contribution in [3.05, 3.63) is 90.3 Å². The maximum atomic E-state index is 12.9. The number of carbonyl (C=O) groups is 1. The Hall–Kier alpha value is -4.34. The molecule has 2 aromatic carbocycles. The molecule has 0 aliphatic carbocycles. The highest BCUT2D eigenvalue weighted by atomic mass is 19.4.